The fourth-order valence-electron chi connectivity index (χ4n) is 2.44. The van der Waals surface area contributed by atoms with Crippen LogP contribution in [0.4, 0.5) is 5.69 Å². The van der Waals surface area contributed by atoms with Gasteiger partial charge in [-0.15, -0.1) is 0 Å². The quantitative estimate of drug-likeness (QED) is 0.819. The number of rotatable bonds is 5. The SMILES string of the molecule is C/C=C\N(C)Cc1ccc2c(c1)NCB(CCC)O2. The zero-order chi connectivity index (χ0) is 13.7. The Morgan fingerprint density at radius 3 is 3.05 bits per heavy atom. The van der Waals surface area contributed by atoms with Gasteiger partial charge >= 0.3 is 6.92 Å². The normalized spacial score (nSPS) is 13.9. The molecule has 3 nitrogen and oxygen atoms in total. The van der Waals surface area contributed by atoms with Crippen LogP contribution in [0.3, 0.4) is 0 Å². The first-order valence-electron chi connectivity index (χ1n) is 7.09. The van der Waals surface area contributed by atoms with Crippen molar-refractivity contribution in [3.63, 3.8) is 0 Å². The number of nitrogens with one attached hydrogen (secondary N) is 1. The summed E-state index contributed by atoms with van der Waals surface area (Å²) in [6.07, 6.45) is 7.32. The minimum absolute atomic E-state index is 0.314. The summed E-state index contributed by atoms with van der Waals surface area (Å²) in [7, 11) is 2.08. The average Bonchev–Trinajstić information content (AvgIpc) is 2.39. The molecule has 0 saturated carbocycles. The molecule has 1 aliphatic heterocycles. The predicted molar refractivity (Wildman–Crippen MR) is 82.7 cm³/mol. The van der Waals surface area contributed by atoms with Gasteiger partial charge in [-0.3, -0.25) is 0 Å². The lowest BCUT2D eigenvalue weighted by atomic mass is 9.63. The Labute approximate surface area is 116 Å². The number of hydrogen-bond donors (Lipinski definition) is 1. The maximum Gasteiger partial charge on any atom is 0.377 e. The minimum atomic E-state index is 0.314. The molecule has 0 fully saturated rings. The van der Waals surface area contributed by atoms with Gasteiger partial charge in [0.25, 0.3) is 0 Å². The third-order valence-corrected chi connectivity index (χ3v) is 3.30. The monoisotopic (exact) mass is 258 g/mol. The van der Waals surface area contributed by atoms with Crippen LogP contribution in [0.5, 0.6) is 5.75 Å². The second kappa shape index (κ2) is 6.55. The molecule has 1 N–H and O–H groups in total. The van der Waals surface area contributed by atoms with Gasteiger partial charge in [0.15, 0.2) is 0 Å². The summed E-state index contributed by atoms with van der Waals surface area (Å²) in [5, 5.41) is 3.48. The van der Waals surface area contributed by atoms with Gasteiger partial charge in [-0.25, -0.2) is 0 Å². The van der Waals surface area contributed by atoms with Gasteiger partial charge in [-0.05, 0) is 37.1 Å². The maximum atomic E-state index is 5.99. The zero-order valence-corrected chi connectivity index (χ0v) is 12.1. The van der Waals surface area contributed by atoms with Crippen LogP contribution in [0.15, 0.2) is 30.5 Å². The molecule has 0 saturated heterocycles. The Hall–Kier alpha value is -1.58. The molecule has 0 aromatic heterocycles. The molecule has 0 aliphatic carbocycles. The van der Waals surface area contributed by atoms with E-state index in [0.29, 0.717) is 6.92 Å². The molecule has 0 bridgehead atoms. The van der Waals surface area contributed by atoms with Crippen molar-refractivity contribution in [3.8, 4) is 5.75 Å². The third-order valence-electron chi connectivity index (χ3n) is 3.30. The molecule has 4 heteroatoms. The van der Waals surface area contributed by atoms with Gasteiger partial charge in [0.05, 0.1) is 5.69 Å². The molecule has 1 aromatic rings. The van der Waals surface area contributed by atoms with Gasteiger partial charge < -0.3 is 14.9 Å². The highest BCUT2D eigenvalue weighted by Gasteiger charge is 2.23. The molecule has 2 rings (SSSR count). The number of benzene rings is 1. The largest absolute Gasteiger partial charge is 0.557 e. The second-order valence-electron chi connectivity index (χ2n) is 5.14. The Morgan fingerprint density at radius 1 is 1.47 bits per heavy atom. The van der Waals surface area contributed by atoms with E-state index in [2.05, 4.69) is 54.7 Å². The smallest absolute Gasteiger partial charge is 0.377 e. The van der Waals surface area contributed by atoms with Crippen molar-refractivity contribution >= 4 is 12.6 Å². The highest BCUT2D eigenvalue weighted by Crippen LogP contribution is 2.30. The second-order valence-corrected chi connectivity index (χ2v) is 5.14. The summed E-state index contributed by atoms with van der Waals surface area (Å²) in [6, 6.07) is 6.43. The van der Waals surface area contributed by atoms with E-state index in [0.717, 1.165) is 37.2 Å². The van der Waals surface area contributed by atoms with Crippen LogP contribution in [-0.2, 0) is 6.54 Å². The van der Waals surface area contributed by atoms with Gasteiger partial charge in [0.1, 0.15) is 5.75 Å². The summed E-state index contributed by atoms with van der Waals surface area (Å²) in [4.78, 5) is 2.17. The third kappa shape index (κ3) is 3.69. The first-order valence-corrected chi connectivity index (χ1v) is 7.09. The zero-order valence-electron chi connectivity index (χ0n) is 12.1. The van der Waals surface area contributed by atoms with Crippen molar-refractivity contribution in [2.24, 2.45) is 0 Å². The van der Waals surface area contributed by atoms with Gasteiger partial charge in [0.2, 0.25) is 0 Å². The summed E-state index contributed by atoms with van der Waals surface area (Å²) < 4.78 is 5.99. The molecule has 0 atom stereocenters. The molecular formula is C15H23BN2O. The van der Waals surface area contributed by atoms with Crippen LogP contribution in [0.2, 0.25) is 6.32 Å². The van der Waals surface area contributed by atoms with E-state index in [1.807, 2.05) is 6.92 Å². The van der Waals surface area contributed by atoms with E-state index in [9.17, 15) is 0 Å². The predicted octanol–water partition coefficient (Wildman–Crippen LogP) is 3.40. The number of hydrogen-bond acceptors (Lipinski definition) is 3. The maximum absolute atomic E-state index is 5.99. The summed E-state index contributed by atoms with van der Waals surface area (Å²) in [5.41, 5.74) is 2.42. The van der Waals surface area contributed by atoms with Crippen molar-refractivity contribution in [1.82, 2.24) is 4.90 Å². The van der Waals surface area contributed by atoms with E-state index in [1.54, 1.807) is 0 Å². The van der Waals surface area contributed by atoms with Gasteiger partial charge in [0, 0.05) is 20.0 Å². The lowest BCUT2D eigenvalue weighted by molar-refractivity contribution is 0.450. The molecule has 0 unspecified atom stereocenters. The lowest BCUT2D eigenvalue weighted by Crippen LogP contribution is -2.35. The highest BCUT2D eigenvalue weighted by molar-refractivity contribution is 6.54. The van der Waals surface area contributed by atoms with Gasteiger partial charge in [-0.2, -0.15) is 0 Å². The topological polar surface area (TPSA) is 24.5 Å². The summed E-state index contributed by atoms with van der Waals surface area (Å²) >= 11 is 0. The molecule has 1 heterocycles. The molecule has 0 radical (unpaired) electrons. The molecule has 1 aliphatic rings. The molecule has 1 aromatic carbocycles. The Morgan fingerprint density at radius 2 is 2.32 bits per heavy atom. The standard InChI is InChI=1S/C15H23BN2O/c1-4-8-16-12-17-14-10-13(6-7-15(14)19-16)11-18(3)9-5-2/h5-7,9-10,17H,4,8,11-12H2,1-3H3/b9-5-. The molecular weight excluding hydrogens is 235 g/mol. The van der Waals surface area contributed by atoms with E-state index in [4.69, 9.17) is 4.65 Å². The number of anilines is 1. The number of allylic oxidation sites excluding steroid dienone is 1. The Bertz CT molecular complexity index is 448. The van der Waals surface area contributed by atoms with E-state index < -0.39 is 0 Å². The van der Waals surface area contributed by atoms with Gasteiger partial charge in [-0.1, -0.05) is 25.5 Å². The lowest BCUT2D eigenvalue weighted by Gasteiger charge is -2.26. The summed E-state index contributed by atoms with van der Waals surface area (Å²) in [6.45, 7) is 5.46. The van der Waals surface area contributed by atoms with Crippen LogP contribution in [-0.4, -0.2) is 25.3 Å². The highest BCUT2D eigenvalue weighted by atomic mass is 16.4. The van der Waals surface area contributed by atoms with Crippen molar-refractivity contribution in [3.05, 3.63) is 36.0 Å². The average molecular weight is 258 g/mol. The van der Waals surface area contributed by atoms with Crippen molar-refractivity contribution in [2.75, 3.05) is 18.8 Å². The molecule has 0 spiro atoms. The van der Waals surface area contributed by atoms with Crippen LogP contribution in [0.25, 0.3) is 0 Å². The molecule has 0 amide bonds. The first-order chi connectivity index (χ1) is 9.22. The fourth-order valence-corrected chi connectivity index (χ4v) is 2.44. The first kappa shape index (κ1) is 13.8. The Kier molecular flexibility index (Phi) is 4.77. The molecule has 102 valence electrons. The van der Waals surface area contributed by atoms with E-state index in [1.165, 1.54) is 5.56 Å². The molecule has 19 heavy (non-hydrogen) atoms. The van der Waals surface area contributed by atoms with Crippen molar-refractivity contribution in [2.45, 2.75) is 33.1 Å². The fraction of sp³-hybridized carbons (Fsp3) is 0.467. The van der Waals surface area contributed by atoms with E-state index >= 15 is 0 Å². The summed E-state index contributed by atoms with van der Waals surface area (Å²) in [5.74, 6) is 0.988. The number of nitrogens with zero attached hydrogens (tertiary/aromatic N) is 1. The Balaban J connectivity index is 2.04. The van der Waals surface area contributed by atoms with Crippen molar-refractivity contribution < 1.29 is 4.65 Å². The number of fused-ring (bicyclic) bond motifs is 1. The van der Waals surface area contributed by atoms with Crippen LogP contribution in [0.1, 0.15) is 25.8 Å². The van der Waals surface area contributed by atoms with Crippen molar-refractivity contribution in [1.29, 1.82) is 0 Å². The van der Waals surface area contributed by atoms with Crippen LogP contribution >= 0.6 is 0 Å². The minimum Gasteiger partial charge on any atom is -0.557 e. The van der Waals surface area contributed by atoms with E-state index in [-0.39, 0.29) is 0 Å². The van der Waals surface area contributed by atoms with Crippen LogP contribution < -0.4 is 9.97 Å². The van der Waals surface area contributed by atoms with Crippen LogP contribution in [0, 0.1) is 0 Å².